The van der Waals surface area contributed by atoms with Crippen LogP contribution in [-0.4, -0.2) is 53.5 Å². The largest absolute Gasteiger partial charge is 0.459 e. The van der Waals surface area contributed by atoms with Crippen molar-refractivity contribution in [3.05, 3.63) is 75.5 Å². The van der Waals surface area contributed by atoms with Gasteiger partial charge in [-0.25, -0.2) is 4.98 Å². The van der Waals surface area contributed by atoms with Crippen LogP contribution in [0.3, 0.4) is 0 Å². The van der Waals surface area contributed by atoms with Gasteiger partial charge in [-0.3, -0.25) is 14.9 Å². The van der Waals surface area contributed by atoms with Gasteiger partial charge in [0.1, 0.15) is 12.0 Å². The van der Waals surface area contributed by atoms with Crippen LogP contribution in [0, 0.1) is 16.0 Å². The highest BCUT2D eigenvalue weighted by atomic mass is 32.1. The molecule has 3 N–H and O–H groups in total. The summed E-state index contributed by atoms with van der Waals surface area (Å²) in [4.78, 5) is 27.3. The lowest BCUT2D eigenvalue weighted by Crippen LogP contribution is -2.39. The number of fused-ring (bicyclic) bond motifs is 1. The number of ether oxygens (including phenoxy) is 2. The Bertz CT molecular complexity index is 1250. The van der Waals surface area contributed by atoms with E-state index >= 15 is 0 Å². The molecule has 10 nitrogen and oxygen atoms in total. The summed E-state index contributed by atoms with van der Waals surface area (Å²) in [5.41, 5.74) is 1.03. The van der Waals surface area contributed by atoms with Crippen LogP contribution in [0.15, 0.2) is 59.8 Å². The van der Waals surface area contributed by atoms with E-state index in [4.69, 9.17) is 9.47 Å². The zero-order valence-corrected chi connectivity index (χ0v) is 21.3. The Labute approximate surface area is 218 Å². The van der Waals surface area contributed by atoms with E-state index in [1.807, 2.05) is 25.1 Å². The zero-order valence-electron chi connectivity index (χ0n) is 20.5. The van der Waals surface area contributed by atoms with Crippen LogP contribution in [0.2, 0.25) is 0 Å². The number of anilines is 1. The molecule has 2 aromatic heterocycles. The lowest BCUT2D eigenvalue weighted by atomic mass is 9.80. The van der Waals surface area contributed by atoms with Gasteiger partial charge in [0.15, 0.2) is 5.76 Å². The normalized spacial score (nSPS) is 19.2. The van der Waals surface area contributed by atoms with Crippen LogP contribution in [-0.2, 0) is 14.3 Å². The standard InChI is InChI=1S/C26H30N4O6S/c1-2-35-26-19(7-5-13-31)20(21-16-37-23-8-4-3-6-18(21)23)14-22(36-26)25(32)28-12-11-27-24-10-9-17(15-29-24)30(33)34/h3-4,6,8-10,14-16,19-20,26,31H,2,5,7,11-13H2,1H3,(H,27,29)(H,28,32)/t19-,20-,26+/m0/s1. The number of pyridine rings is 1. The number of aliphatic hydroxyl groups excluding tert-OH is 1. The lowest BCUT2D eigenvalue weighted by molar-refractivity contribution is -0.385. The van der Waals surface area contributed by atoms with Crippen molar-refractivity contribution in [1.29, 1.82) is 0 Å². The Kier molecular flexibility index (Phi) is 9.04. The van der Waals surface area contributed by atoms with Gasteiger partial charge in [0, 0.05) is 48.9 Å². The quantitative estimate of drug-likeness (QED) is 0.182. The van der Waals surface area contributed by atoms with Crippen LogP contribution in [0.1, 0.15) is 31.2 Å². The molecule has 4 rings (SSSR count). The van der Waals surface area contributed by atoms with Gasteiger partial charge >= 0.3 is 0 Å². The van der Waals surface area contributed by atoms with Crippen molar-refractivity contribution in [3.8, 4) is 0 Å². The average molecular weight is 527 g/mol. The molecule has 0 fully saturated rings. The minimum Gasteiger partial charge on any atom is -0.459 e. The molecule has 0 unspecified atom stereocenters. The molecule has 3 atom stereocenters. The molecule has 196 valence electrons. The number of allylic oxidation sites excluding steroid dienone is 1. The van der Waals surface area contributed by atoms with E-state index in [2.05, 4.69) is 33.1 Å². The Morgan fingerprint density at radius 3 is 2.84 bits per heavy atom. The van der Waals surface area contributed by atoms with E-state index in [1.165, 1.54) is 23.0 Å². The number of hydrogen-bond acceptors (Lipinski definition) is 9. The first-order valence-electron chi connectivity index (χ1n) is 12.2. The Balaban J connectivity index is 1.48. The Hall–Kier alpha value is -3.54. The maximum absolute atomic E-state index is 13.1. The molecule has 37 heavy (non-hydrogen) atoms. The fraction of sp³-hybridized carbons (Fsp3) is 0.385. The fourth-order valence-electron chi connectivity index (χ4n) is 4.43. The zero-order chi connectivity index (χ0) is 26.2. The minimum absolute atomic E-state index is 0.0588. The third-order valence-electron chi connectivity index (χ3n) is 6.18. The number of amides is 1. The molecular weight excluding hydrogens is 496 g/mol. The third-order valence-corrected chi connectivity index (χ3v) is 7.16. The number of nitrogens with one attached hydrogen (secondary N) is 2. The van der Waals surface area contributed by atoms with Gasteiger partial charge in [0.25, 0.3) is 11.6 Å². The molecule has 1 aliphatic heterocycles. The summed E-state index contributed by atoms with van der Waals surface area (Å²) < 4.78 is 13.1. The van der Waals surface area contributed by atoms with Crippen LogP contribution in [0.25, 0.3) is 10.1 Å². The number of carbonyl (C=O) groups excluding carboxylic acids is 1. The van der Waals surface area contributed by atoms with E-state index in [9.17, 15) is 20.0 Å². The third kappa shape index (κ3) is 6.43. The van der Waals surface area contributed by atoms with E-state index in [1.54, 1.807) is 11.3 Å². The van der Waals surface area contributed by atoms with Crippen LogP contribution in [0.4, 0.5) is 11.5 Å². The number of hydrogen-bond donors (Lipinski definition) is 3. The maximum atomic E-state index is 13.1. The number of aliphatic hydroxyl groups is 1. The second-order valence-corrected chi connectivity index (χ2v) is 9.47. The molecule has 1 aromatic carbocycles. The predicted molar refractivity (Wildman–Crippen MR) is 141 cm³/mol. The lowest BCUT2D eigenvalue weighted by Gasteiger charge is -2.36. The highest BCUT2D eigenvalue weighted by Gasteiger charge is 2.38. The summed E-state index contributed by atoms with van der Waals surface area (Å²) in [6.07, 6.45) is 3.72. The summed E-state index contributed by atoms with van der Waals surface area (Å²) >= 11 is 1.66. The first-order chi connectivity index (χ1) is 18.0. The second kappa shape index (κ2) is 12.6. The fourth-order valence-corrected chi connectivity index (χ4v) is 5.44. The molecule has 3 heterocycles. The SMILES string of the molecule is CCO[C@@H]1OC(C(=O)NCCNc2ccc([N+](=O)[O-])cn2)=C[C@H](c2csc3ccccc23)[C@@H]1CCCO. The summed E-state index contributed by atoms with van der Waals surface area (Å²) in [5, 5.41) is 29.4. The van der Waals surface area contributed by atoms with Gasteiger partial charge in [0.2, 0.25) is 6.29 Å². The Morgan fingerprint density at radius 2 is 2.11 bits per heavy atom. The number of aromatic nitrogens is 1. The number of nitro groups is 1. The number of thiophene rings is 1. The van der Waals surface area contributed by atoms with Crippen molar-refractivity contribution in [3.63, 3.8) is 0 Å². The van der Waals surface area contributed by atoms with Crippen molar-refractivity contribution in [2.24, 2.45) is 5.92 Å². The molecule has 0 radical (unpaired) electrons. The van der Waals surface area contributed by atoms with E-state index in [-0.39, 0.29) is 42.3 Å². The van der Waals surface area contributed by atoms with Crippen LogP contribution >= 0.6 is 11.3 Å². The van der Waals surface area contributed by atoms with Crippen molar-refractivity contribution < 1.29 is 24.3 Å². The van der Waals surface area contributed by atoms with Crippen LogP contribution < -0.4 is 10.6 Å². The average Bonchev–Trinajstić information content (AvgIpc) is 3.34. The van der Waals surface area contributed by atoms with Crippen molar-refractivity contribution in [1.82, 2.24) is 10.3 Å². The summed E-state index contributed by atoms with van der Waals surface area (Å²) in [5.74, 6) is 0.147. The molecule has 1 aliphatic rings. The molecular formula is C26H30N4O6S. The van der Waals surface area contributed by atoms with Crippen LogP contribution in [0.5, 0.6) is 0 Å². The van der Waals surface area contributed by atoms with Gasteiger partial charge in [-0.1, -0.05) is 18.2 Å². The van der Waals surface area contributed by atoms with Gasteiger partial charge < -0.3 is 25.2 Å². The molecule has 11 heteroatoms. The van der Waals surface area contributed by atoms with Gasteiger partial charge in [-0.05, 0) is 54.3 Å². The molecule has 1 amide bonds. The number of benzene rings is 1. The molecule has 0 spiro atoms. The number of carbonyl (C=O) groups is 1. The monoisotopic (exact) mass is 526 g/mol. The summed E-state index contributed by atoms with van der Waals surface area (Å²) in [6.45, 7) is 3.05. The molecule has 0 saturated heterocycles. The summed E-state index contributed by atoms with van der Waals surface area (Å²) in [6, 6.07) is 11.1. The highest BCUT2D eigenvalue weighted by Crippen LogP contribution is 2.43. The molecule has 3 aromatic rings. The maximum Gasteiger partial charge on any atom is 0.287 e. The van der Waals surface area contributed by atoms with Crippen molar-refractivity contribution >= 4 is 38.8 Å². The van der Waals surface area contributed by atoms with E-state index in [0.717, 1.165) is 10.9 Å². The number of rotatable bonds is 12. The highest BCUT2D eigenvalue weighted by molar-refractivity contribution is 7.17. The molecule has 0 saturated carbocycles. The Morgan fingerprint density at radius 1 is 1.27 bits per heavy atom. The predicted octanol–water partition coefficient (Wildman–Crippen LogP) is 4.18. The van der Waals surface area contributed by atoms with E-state index < -0.39 is 11.2 Å². The van der Waals surface area contributed by atoms with Crippen molar-refractivity contribution in [2.45, 2.75) is 32.0 Å². The van der Waals surface area contributed by atoms with E-state index in [0.29, 0.717) is 31.8 Å². The number of nitrogens with zero attached hydrogens (tertiary/aromatic N) is 2. The second-order valence-electron chi connectivity index (χ2n) is 8.56. The van der Waals surface area contributed by atoms with Gasteiger partial charge in [-0.2, -0.15) is 0 Å². The first-order valence-corrected chi connectivity index (χ1v) is 13.1. The first kappa shape index (κ1) is 26.5. The minimum atomic E-state index is -0.617. The van der Waals surface area contributed by atoms with Crippen molar-refractivity contribution in [2.75, 3.05) is 31.6 Å². The topological polar surface area (TPSA) is 136 Å². The smallest absolute Gasteiger partial charge is 0.287 e. The van der Waals surface area contributed by atoms with Gasteiger partial charge in [0.05, 0.1) is 4.92 Å². The van der Waals surface area contributed by atoms with Gasteiger partial charge in [-0.15, -0.1) is 11.3 Å². The summed E-state index contributed by atoms with van der Waals surface area (Å²) in [7, 11) is 0. The molecule has 0 aliphatic carbocycles. The molecule has 0 bridgehead atoms.